The molecule has 1 unspecified atom stereocenters. The zero-order chi connectivity index (χ0) is 14.7. The number of aromatic nitrogens is 1. The van der Waals surface area contributed by atoms with Gasteiger partial charge in [-0.3, -0.25) is 9.69 Å². The highest BCUT2D eigenvalue weighted by molar-refractivity contribution is 5.78. The molecule has 1 atom stereocenters. The maximum atomic E-state index is 12.0. The lowest BCUT2D eigenvalue weighted by molar-refractivity contribution is -0.122. The van der Waals surface area contributed by atoms with Crippen LogP contribution in [-0.2, 0) is 11.3 Å². The largest absolute Gasteiger partial charge is 0.439 e. The third-order valence-corrected chi connectivity index (χ3v) is 3.88. The number of piperidine rings is 1. The molecule has 5 nitrogen and oxygen atoms in total. The Balaban J connectivity index is 1.51. The van der Waals surface area contributed by atoms with E-state index in [1.54, 1.807) is 0 Å². The number of carbonyl (C=O) groups is 1. The van der Waals surface area contributed by atoms with Gasteiger partial charge in [0.25, 0.3) is 0 Å². The Kier molecular flexibility index (Phi) is 4.20. The molecular weight excluding hydrogens is 266 g/mol. The Hall–Kier alpha value is -1.88. The molecule has 1 aliphatic rings. The first-order valence-corrected chi connectivity index (χ1v) is 7.54. The fourth-order valence-electron chi connectivity index (χ4n) is 2.86. The van der Waals surface area contributed by atoms with Crippen LogP contribution in [0.4, 0.5) is 0 Å². The third-order valence-electron chi connectivity index (χ3n) is 3.88. The Morgan fingerprint density at radius 1 is 1.48 bits per heavy atom. The summed E-state index contributed by atoms with van der Waals surface area (Å²) >= 11 is 0. The van der Waals surface area contributed by atoms with Gasteiger partial charge >= 0.3 is 0 Å². The second-order valence-electron chi connectivity index (χ2n) is 5.83. The van der Waals surface area contributed by atoms with Crippen LogP contribution >= 0.6 is 0 Å². The van der Waals surface area contributed by atoms with Gasteiger partial charge in [-0.2, -0.15) is 0 Å². The van der Waals surface area contributed by atoms with Gasteiger partial charge < -0.3 is 9.73 Å². The van der Waals surface area contributed by atoms with Gasteiger partial charge in [0.2, 0.25) is 11.8 Å². The molecule has 21 heavy (non-hydrogen) atoms. The third kappa shape index (κ3) is 3.61. The number of benzene rings is 1. The molecule has 3 rings (SSSR count). The van der Waals surface area contributed by atoms with E-state index in [-0.39, 0.29) is 5.91 Å². The number of nitrogens with zero attached hydrogens (tertiary/aromatic N) is 2. The number of likely N-dealkylation sites (tertiary alicyclic amines) is 1. The molecule has 1 aromatic heterocycles. The van der Waals surface area contributed by atoms with Crippen molar-refractivity contribution in [1.29, 1.82) is 0 Å². The predicted octanol–water partition coefficient (Wildman–Crippen LogP) is 2.18. The van der Waals surface area contributed by atoms with Crippen molar-refractivity contribution in [3.8, 4) is 0 Å². The summed E-state index contributed by atoms with van der Waals surface area (Å²) < 4.78 is 5.59. The smallest absolute Gasteiger partial charge is 0.234 e. The molecule has 0 spiro atoms. The molecule has 1 N–H and O–H groups in total. The monoisotopic (exact) mass is 287 g/mol. The minimum absolute atomic E-state index is 0.0337. The molecule has 2 heterocycles. The lowest BCUT2D eigenvalue weighted by Gasteiger charge is -2.30. The summed E-state index contributed by atoms with van der Waals surface area (Å²) in [7, 11) is 0. The van der Waals surface area contributed by atoms with Gasteiger partial charge in [-0.15, -0.1) is 0 Å². The van der Waals surface area contributed by atoms with E-state index in [0.717, 1.165) is 24.2 Å². The zero-order valence-corrected chi connectivity index (χ0v) is 12.3. The molecule has 1 aromatic carbocycles. The van der Waals surface area contributed by atoms with Crippen LogP contribution in [0.3, 0.4) is 0 Å². The van der Waals surface area contributed by atoms with Crippen molar-refractivity contribution in [2.45, 2.75) is 26.3 Å². The van der Waals surface area contributed by atoms with Gasteiger partial charge in [-0.25, -0.2) is 4.98 Å². The number of carbonyl (C=O) groups excluding carboxylic acids is 1. The number of para-hydroxylation sites is 2. The van der Waals surface area contributed by atoms with Crippen molar-refractivity contribution in [3.63, 3.8) is 0 Å². The van der Waals surface area contributed by atoms with Crippen molar-refractivity contribution in [3.05, 3.63) is 30.2 Å². The summed E-state index contributed by atoms with van der Waals surface area (Å²) in [5, 5.41) is 2.89. The fraction of sp³-hybridized carbons (Fsp3) is 0.500. The van der Waals surface area contributed by atoms with E-state index in [1.807, 2.05) is 24.3 Å². The van der Waals surface area contributed by atoms with Crippen LogP contribution in [0.25, 0.3) is 11.1 Å². The van der Waals surface area contributed by atoms with Crippen LogP contribution in [0.1, 0.15) is 25.7 Å². The van der Waals surface area contributed by atoms with Crippen molar-refractivity contribution in [1.82, 2.24) is 15.2 Å². The molecular formula is C16H21N3O2. The van der Waals surface area contributed by atoms with Crippen LogP contribution in [0.5, 0.6) is 0 Å². The van der Waals surface area contributed by atoms with E-state index in [0.29, 0.717) is 24.9 Å². The predicted molar refractivity (Wildman–Crippen MR) is 80.7 cm³/mol. The summed E-state index contributed by atoms with van der Waals surface area (Å²) in [5.74, 6) is 1.27. The molecule has 1 amide bonds. The standard InChI is InChI=1S/C16H21N3O2/c1-12-5-4-8-19(10-12)11-15(20)17-9-16-18-13-6-2-3-7-14(13)21-16/h2-3,6-7,12H,4-5,8-11H2,1H3,(H,17,20). The van der Waals surface area contributed by atoms with Crippen LogP contribution in [0, 0.1) is 5.92 Å². The lowest BCUT2D eigenvalue weighted by atomic mass is 10.0. The van der Waals surface area contributed by atoms with Crippen LogP contribution in [0.2, 0.25) is 0 Å². The average molecular weight is 287 g/mol. The maximum absolute atomic E-state index is 12.0. The van der Waals surface area contributed by atoms with Gasteiger partial charge in [-0.05, 0) is 37.4 Å². The van der Waals surface area contributed by atoms with E-state index in [4.69, 9.17) is 4.42 Å². The van der Waals surface area contributed by atoms with E-state index in [9.17, 15) is 4.79 Å². The quantitative estimate of drug-likeness (QED) is 0.936. The molecule has 1 saturated heterocycles. The van der Waals surface area contributed by atoms with Crippen LogP contribution in [0.15, 0.2) is 28.7 Å². The maximum Gasteiger partial charge on any atom is 0.234 e. The highest BCUT2D eigenvalue weighted by atomic mass is 16.3. The zero-order valence-electron chi connectivity index (χ0n) is 12.3. The molecule has 0 bridgehead atoms. The van der Waals surface area contributed by atoms with Crippen molar-refractivity contribution in [2.24, 2.45) is 5.92 Å². The first-order valence-electron chi connectivity index (χ1n) is 7.54. The number of amides is 1. The van der Waals surface area contributed by atoms with E-state index in [1.165, 1.54) is 12.8 Å². The van der Waals surface area contributed by atoms with Gasteiger partial charge in [-0.1, -0.05) is 19.1 Å². The van der Waals surface area contributed by atoms with Gasteiger partial charge in [0, 0.05) is 6.54 Å². The normalized spacial score (nSPS) is 19.8. The molecule has 1 aliphatic heterocycles. The first kappa shape index (κ1) is 14.1. The van der Waals surface area contributed by atoms with Crippen molar-refractivity contribution in [2.75, 3.05) is 19.6 Å². The Morgan fingerprint density at radius 2 is 2.33 bits per heavy atom. The van der Waals surface area contributed by atoms with E-state index in [2.05, 4.69) is 22.1 Å². The average Bonchev–Trinajstić information content (AvgIpc) is 2.88. The number of hydrogen-bond donors (Lipinski definition) is 1. The number of oxazole rings is 1. The molecule has 0 saturated carbocycles. The Labute approximate surface area is 124 Å². The fourth-order valence-corrected chi connectivity index (χ4v) is 2.86. The second kappa shape index (κ2) is 6.26. The number of hydrogen-bond acceptors (Lipinski definition) is 4. The van der Waals surface area contributed by atoms with Gasteiger partial charge in [0.05, 0.1) is 13.1 Å². The Bertz CT molecular complexity index is 590. The molecule has 112 valence electrons. The minimum Gasteiger partial charge on any atom is -0.439 e. The van der Waals surface area contributed by atoms with Crippen molar-refractivity contribution < 1.29 is 9.21 Å². The first-order chi connectivity index (χ1) is 10.2. The highest BCUT2D eigenvalue weighted by Gasteiger charge is 2.18. The summed E-state index contributed by atoms with van der Waals surface area (Å²) in [6.07, 6.45) is 2.45. The topological polar surface area (TPSA) is 58.4 Å². The number of nitrogens with one attached hydrogen (secondary N) is 1. The van der Waals surface area contributed by atoms with Crippen LogP contribution in [-0.4, -0.2) is 35.4 Å². The van der Waals surface area contributed by atoms with E-state index < -0.39 is 0 Å². The van der Waals surface area contributed by atoms with Gasteiger partial charge in [0.1, 0.15) is 5.52 Å². The van der Waals surface area contributed by atoms with Crippen LogP contribution < -0.4 is 5.32 Å². The summed E-state index contributed by atoms with van der Waals surface area (Å²) in [4.78, 5) is 18.6. The highest BCUT2D eigenvalue weighted by Crippen LogP contribution is 2.15. The number of rotatable bonds is 4. The summed E-state index contributed by atoms with van der Waals surface area (Å²) in [5.41, 5.74) is 1.58. The molecule has 0 radical (unpaired) electrons. The molecule has 2 aromatic rings. The second-order valence-corrected chi connectivity index (χ2v) is 5.83. The minimum atomic E-state index is 0.0337. The van der Waals surface area contributed by atoms with E-state index >= 15 is 0 Å². The van der Waals surface area contributed by atoms with Gasteiger partial charge in [0.15, 0.2) is 5.58 Å². The number of fused-ring (bicyclic) bond motifs is 1. The SMILES string of the molecule is CC1CCCN(CC(=O)NCc2nc3ccccc3o2)C1. The molecule has 0 aliphatic carbocycles. The summed E-state index contributed by atoms with van der Waals surface area (Å²) in [6.45, 7) is 5.07. The summed E-state index contributed by atoms with van der Waals surface area (Å²) in [6, 6.07) is 7.61. The Morgan fingerprint density at radius 3 is 3.14 bits per heavy atom. The van der Waals surface area contributed by atoms with Crippen molar-refractivity contribution >= 4 is 17.0 Å². The molecule has 1 fully saturated rings. The lowest BCUT2D eigenvalue weighted by Crippen LogP contribution is -2.41. The molecule has 5 heteroatoms.